The van der Waals surface area contributed by atoms with Crippen molar-refractivity contribution in [1.82, 2.24) is 14.5 Å². The van der Waals surface area contributed by atoms with Gasteiger partial charge in [0.2, 0.25) is 0 Å². The van der Waals surface area contributed by atoms with Crippen LogP contribution in [0.3, 0.4) is 0 Å². The number of carboxylic acid groups (broad SMARTS) is 1. The Hall–Kier alpha value is -4.44. The van der Waals surface area contributed by atoms with E-state index in [-0.39, 0.29) is 28.1 Å². The molecule has 1 atom stereocenters. The van der Waals surface area contributed by atoms with E-state index in [4.69, 9.17) is 5.53 Å². The minimum atomic E-state index is -1.13. The van der Waals surface area contributed by atoms with E-state index in [1.54, 1.807) is 18.2 Å². The largest absolute Gasteiger partial charge is 0.465 e. The van der Waals surface area contributed by atoms with Crippen LogP contribution in [0.4, 0.5) is 16.2 Å². The van der Waals surface area contributed by atoms with Gasteiger partial charge in [-0.3, -0.25) is 24.4 Å². The zero-order valence-corrected chi connectivity index (χ0v) is 16.0. The fourth-order valence-electron chi connectivity index (χ4n) is 3.79. The fourth-order valence-corrected chi connectivity index (χ4v) is 3.79. The van der Waals surface area contributed by atoms with Crippen molar-refractivity contribution < 1.29 is 14.8 Å². The van der Waals surface area contributed by atoms with Crippen molar-refractivity contribution in [2.24, 2.45) is 5.11 Å². The lowest BCUT2D eigenvalue weighted by molar-refractivity contribution is -0.384. The highest BCUT2D eigenvalue weighted by Gasteiger charge is 2.34. The van der Waals surface area contributed by atoms with Gasteiger partial charge in [0.15, 0.2) is 0 Å². The molecule has 31 heavy (non-hydrogen) atoms. The first-order valence-corrected chi connectivity index (χ1v) is 9.27. The van der Waals surface area contributed by atoms with Crippen molar-refractivity contribution in [3.8, 4) is 5.69 Å². The van der Waals surface area contributed by atoms with Crippen LogP contribution in [0.25, 0.3) is 27.0 Å². The Balaban J connectivity index is 2.04. The molecule has 1 amide bonds. The van der Waals surface area contributed by atoms with Gasteiger partial charge in [0, 0.05) is 29.3 Å². The SMILES string of the molecule is [N-]=[N+]=Nc1cccc(-n2c(C3CCCN3C(=O)O)nc3ccc([N+](=O)[O-])cc3c2=O)c1. The zero-order valence-electron chi connectivity index (χ0n) is 16.0. The summed E-state index contributed by atoms with van der Waals surface area (Å²) in [6.07, 6.45) is -0.0631. The van der Waals surface area contributed by atoms with Gasteiger partial charge >= 0.3 is 6.09 Å². The second-order valence-electron chi connectivity index (χ2n) is 6.91. The first-order chi connectivity index (χ1) is 14.9. The number of amides is 1. The van der Waals surface area contributed by atoms with Gasteiger partial charge < -0.3 is 5.11 Å². The summed E-state index contributed by atoms with van der Waals surface area (Å²) in [4.78, 5) is 44.2. The fraction of sp³-hybridized carbons (Fsp3) is 0.211. The van der Waals surface area contributed by atoms with Gasteiger partial charge in [-0.1, -0.05) is 17.2 Å². The first kappa shape index (κ1) is 19.9. The van der Waals surface area contributed by atoms with Gasteiger partial charge in [-0.15, -0.1) is 0 Å². The maximum Gasteiger partial charge on any atom is 0.407 e. The maximum atomic E-state index is 13.5. The van der Waals surface area contributed by atoms with Crippen LogP contribution in [-0.4, -0.2) is 37.1 Å². The van der Waals surface area contributed by atoms with Crippen molar-refractivity contribution >= 4 is 28.4 Å². The summed E-state index contributed by atoms with van der Waals surface area (Å²) in [5.41, 5.74) is 8.66. The molecule has 1 aliphatic rings. The standard InChI is InChI=1S/C19H15N7O5/c20-23-22-11-3-1-4-12(9-11)25-17(16-5-2-8-24(16)19(28)29)21-15-7-6-13(26(30)31)10-14(15)18(25)27/h1,3-4,6-7,9-10,16H,2,5,8H2,(H,28,29). The monoisotopic (exact) mass is 421 g/mol. The number of carbonyl (C=O) groups is 1. The molecule has 3 aromatic rings. The molecule has 0 radical (unpaired) electrons. The number of hydrogen-bond acceptors (Lipinski definition) is 6. The summed E-state index contributed by atoms with van der Waals surface area (Å²) in [6.45, 7) is 0.299. The normalized spacial score (nSPS) is 15.6. The van der Waals surface area contributed by atoms with Crippen molar-refractivity contribution in [3.05, 3.63) is 79.2 Å². The molecule has 0 bridgehead atoms. The van der Waals surface area contributed by atoms with E-state index in [0.717, 1.165) is 6.07 Å². The molecular weight excluding hydrogens is 406 g/mol. The maximum absolute atomic E-state index is 13.5. The number of fused-ring (bicyclic) bond motifs is 1. The van der Waals surface area contributed by atoms with Crippen LogP contribution >= 0.6 is 0 Å². The Kier molecular flexibility index (Phi) is 4.97. The smallest absolute Gasteiger partial charge is 0.407 e. The third kappa shape index (κ3) is 3.51. The van der Waals surface area contributed by atoms with Gasteiger partial charge in [0.05, 0.1) is 27.6 Å². The second kappa shape index (κ2) is 7.76. The predicted molar refractivity (Wildman–Crippen MR) is 110 cm³/mol. The summed E-state index contributed by atoms with van der Waals surface area (Å²) in [7, 11) is 0. The number of rotatable bonds is 4. The molecule has 2 heterocycles. The van der Waals surface area contributed by atoms with E-state index in [9.17, 15) is 24.8 Å². The van der Waals surface area contributed by atoms with Gasteiger partial charge in [-0.2, -0.15) is 0 Å². The van der Waals surface area contributed by atoms with Crippen LogP contribution in [0.15, 0.2) is 52.4 Å². The molecular formula is C19H15N7O5. The lowest BCUT2D eigenvalue weighted by Gasteiger charge is -2.24. The third-order valence-corrected chi connectivity index (χ3v) is 5.13. The Labute approximate surface area is 173 Å². The number of benzene rings is 2. The Bertz CT molecular complexity index is 1330. The Morgan fingerprint density at radius 1 is 1.32 bits per heavy atom. The van der Waals surface area contributed by atoms with Crippen molar-refractivity contribution in [1.29, 1.82) is 0 Å². The van der Waals surface area contributed by atoms with Crippen LogP contribution < -0.4 is 5.56 Å². The van der Waals surface area contributed by atoms with E-state index in [2.05, 4.69) is 15.0 Å². The zero-order chi connectivity index (χ0) is 22.1. The van der Waals surface area contributed by atoms with Gasteiger partial charge in [0.25, 0.3) is 11.2 Å². The van der Waals surface area contributed by atoms with Crippen LogP contribution in [0.2, 0.25) is 0 Å². The van der Waals surface area contributed by atoms with Gasteiger partial charge in [0.1, 0.15) is 5.82 Å². The van der Waals surface area contributed by atoms with E-state index < -0.39 is 22.6 Å². The quantitative estimate of drug-likeness (QED) is 0.219. The Morgan fingerprint density at radius 3 is 2.84 bits per heavy atom. The molecule has 0 saturated carbocycles. The van der Waals surface area contributed by atoms with Crippen molar-refractivity contribution in [3.63, 3.8) is 0 Å². The molecule has 2 aromatic carbocycles. The number of nitro groups is 1. The highest BCUT2D eigenvalue weighted by Crippen LogP contribution is 2.33. The highest BCUT2D eigenvalue weighted by atomic mass is 16.6. The summed E-state index contributed by atoms with van der Waals surface area (Å²) in [5.74, 6) is 0.198. The molecule has 12 nitrogen and oxygen atoms in total. The van der Waals surface area contributed by atoms with Gasteiger partial charge in [-0.25, -0.2) is 9.78 Å². The number of non-ortho nitro benzene ring substituents is 1. The topological polar surface area (TPSA) is 167 Å². The Morgan fingerprint density at radius 2 is 2.13 bits per heavy atom. The molecule has 0 spiro atoms. The molecule has 1 N–H and O–H groups in total. The highest BCUT2D eigenvalue weighted by molar-refractivity contribution is 5.81. The van der Waals surface area contributed by atoms with Crippen LogP contribution in [-0.2, 0) is 0 Å². The van der Waals surface area contributed by atoms with Crippen LogP contribution in [0, 0.1) is 10.1 Å². The summed E-state index contributed by atoms with van der Waals surface area (Å²) < 4.78 is 1.23. The molecule has 1 aliphatic heterocycles. The first-order valence-electron chi connectivity index (χ1n) is 9.27. The number of likely N-dealkylation sites (tertiary alicyclic amines) is 1. The lowest BCUT2D eigenvalue weighted by atomic mass is 10.1. The number of nitro benzene ring substituents is 1. The average molecular weight is 421 g/mol. The van der Waals surface area contributed by atoms with Gasteiger partial charge in [-0.05, 0) is 36.6 Å². The number of aromatic nitrogens is 2. The molecule has 4 rings (SSSR count). The molecule has 0 aliphatic carbocycles. The van der Waals surface area contributed by atoms with E-state index >= 15 is 0 Å². The second-order valence-corrected chi connectivity index (χ2v) is 6.91. The minimum absolute atomic E-state index is 0.0204. The molecule has 1 saturated heterocycles. The summed E-state index contributed by atoms with van der Waals surface area (Å²) >= 11 is 0. The molecule has 156 valence electrons. The molecule has 1 aromatic heterocycles. The van der Waals surface area contributed by atoms with E-state index in [1.165, 1.54) is 27.7 Å². The van der Waals surface area contributed by atoms with Crippen LogP contribution in [0.1, 0.15) is 24.7 Å². The number of hydrogen-bond donors (Lipinski definition) is 1. The molecule has 1 unspecified atom stereocenters. The van der Waals surface area contributed by atoms with E-state index in [1.807, 2.05) is 0 Å². The number of nitrogens with zero attached hydrogens (tertiary/aromatic N) is 7. The molecule has 1 fully saturated rings. The van der Waals surface area contributed by atoms with Crippen LogP contribution in [0.5, 0.6) is 0 Å². The minimum Gasteiger partial charge on any atom is -0.465 e. The summed E-state index contributed by atoms with van der Waals surface area (Å²) in [5, 5.41) is 24.3. The van der Waals surface area contributed by atoms with Crippen molar-refractivity contribution in [2.75, 3.05) is 6.54 Å². The number of azide groups is 1. The third-order valence-electron chi connectivity index (χ3n) is 5.13. The summed E-state index contributed by atoms with van der Waals surface area (Å²) in [6, 6.07) is 9.28. The predicted octanol–water partition coefficient (Wildman–Crippen LogP) is 4.05. The lowest BCUT2D eigenvalue weighted by Crippen LogP contribution is -2.34. The molecule has 12 heteroatoms. The average Bonchev–Trinajstić information content (AvgIpc) is 3.24. The van der Waals surface area contributed by atoms with E-state index in [0.29, 0.717) is 25.1 Å². The van der Waals surface area contributed by atoms with Crippen molar-refractivity contribution in [2.45, 2.75) is 18.9 Å².